The maximum absolute atomic E-state index is 12.1. The van der Waals surface area contributed by atoms with E-state index in [2.05, 4.69) is 0 Å². The lowest BCUT2D eigenvalue weighted by molar-refractivity contribution is -0.136. The van der Waals surface area contributed by atoms with Crippen LogP contribution in [0.3, 0.4) is 0 Å². The Morgan fingerprint density at radius 1 is 1.21 bits per heavy atom. The van der Waals surface area contributed by atoms with Crippen LogP contribution < -0.4 is 15.2 Å². The highest BCUT2D eigenvalue weighted by molar-refractivity contribution is 5.85. The lowest BCUT2D eigenvalue weighted by Crippen LogP contribution is -2.16. The molecular formula is C12H17ClF3NO2. The van der Waals surface area contributed by atoms with Gasteiger partial charge in [-0.1, -0.05) is 6.07 Å². The first-order valence-corrected chi connectivity index (χ1v) is 5.41. The fourth-order valence-electron chi connectivity index (χ4n) is 1.60. The van der Waals surface area contributed by atoms with Gasteiger partial charge in [0.15, 0.2) is 0 Å². The molecule has 0 radical (unpaired) electrons. The Balaban J connectivity index is 0.00000324. The first-order valence-electron chi connectivity index (χ1n) is 5.41. The molecule has 7 heteroatoms. The summed E-state index contributed by atoms with van der Waals surface area (Å²) in [6, 6.07) is 4.15. The smallest absolute Gasteiger partial charge is 0.389 e. The topological polar surface area (TPSA) is 44.5 Å². The van der Waals surface area contributed by atoms with E-state index in [-0.39, 0.29) is 18.8 Å². The monoisotopic (exact) mass is 299 g/mol. The summed E-state index contributed by atoms with van der Waals surface area (Å²) in [6.45, 7) is 0. The third-order valence-electron chi connectivity index (χ3n) is 2.58. The van der Waals surface area contributed by atoms with Crippen LogP contribution in [0.25, 0.3) is 0 Å². The van der Waals surface area contributed by atoms with Crippen LogP contribution in [0.1, 0.15) is 24.4 Å². The molecule has 0 aliphatic carbocycles. The highest BCUT2D eigenvalue weighted by atomic mass is 35.5. The number of ether oxygens (including phenoxy) is 2. The van der Waals surface area contributed by atoms with Crippen molar-refractivity contribution in [3.8, 4) is 11.5 Å². The third kappa shape index (κ3) is 5.57. The van der Waals surface area contributed by atoms with Gasteiger partial charge in [-0.15, -0.1) is 12.4 Å². The van der Waals surface area contributed by atoms with Gasteiger partial charge in [0, 0.05) is 24.1 Å². The lowest BCUT2D eigenvalue weighted by atomic mass is 10.0. The van der Waals surface area contributed by atoms with Crippen molar-refractivity contribution in [3.05, 3.63) is 23.8 Å². The fraction of sp³-hybridized carbons (Fsp3) is 0.500. The van der Waals surface area contributed by atoms with Crippen LogP contribution in [0.15, 0.2) is 18.2 Å². The summed E-state index contributed by atoms with van der Waals surface area (Å²) in [5.74, 6) is 1.00. The minimum Gasteiger partial charge on any atom is -0.497 e. The Hall–Kier alpha value is -1.14. The van der Waals surface area contributed by atoms with Gasteiger partial charge in [-0.3, -0.25) is 0 Å². The van der Waals surface area contributed by atoms with Gasteiger partial charge in [-0.25, -0.2) is 0 Å². The maximum atomic E-state index is 12.1. The van der Waals surface area contributed by atoms with E-state index >= 15 is 0 Å². The molecule has 1 rings (SSSR count). The largest absolute Gasteiger partial charge is 0.497 e. The molecule has 0 saturated carbocycles. The van der Waals surface area contributed by atoms with Gasteiger partial charge in [0.05, 0.1) is 14.2 Å². The van der Waals surface area contributed by atoms with Gasteiger partial charge >= 0.3 is 6.18 Å². The van der Waals surface area contributed by atoms with E-state index in [0.29, 0.717) is 17.1 Å². The summed E-state index contributed by atoms with van der Waals surface area (Å²) in [5.41, 5.74) is 6.29. The van der Waals surface area contributed by atoms with Crippen molar-refractivity contribution in [3.63, 3.8) is 0 Å². The molecule has 0 aromatic heterocycles. The molecule has 0 unspecified atom stereocenters. The number of benzene rings is 1. The number of nitrogens with two attached hydrogens (primary N) is 1. The molecule has 1 aromatic carbocycles. The minimum atomic E-state index is -4.20. The highest BCUT2D eigenvalue weighted by Gasteiger charge is 2.28. The molecular weight excluding hydrogens is 283 g/mol. The van der Waals surface area contributed by atoms with Crippen LogP contribution in [0.2, 0.25) is 0 Å². The number of methoxy groups -OCH3 is 2. The molecule has 0 saturated heterocycles. The SMILES string of the molecule is COc1ccc([C@H](N)CCC(F)(F)F)c(OC)c1.Cl. The fourth-order valence-corrected chi connectivity index (χ4v) is 1.60. The lowest BCUT2D eigenvalue weighted by Gasteiger charge is -2.17. The Morgan fingerprint density at radius 2 is 1.84 bits per heavy atom. The average molecular weight is 300 g/mol. The van der Waals surface area contributed by atoms with E-state index in [1.807, 2.05) is 0 Å². The number of halogens is 4. The molecule has 0 aliphatic heterocycles. The normalized spacial score (nSPS) is 12.5. The van der Waals surface area contributed by atoms with E-state index in [0.717, 1.165) is 0 Å². The third-order valence-corrected chi connectivity index (χ3v) is 2.58. The first kappa shape index (κ1) is 17.9. The molecule has 110 valence electrons. The van der Waals surface area contributed by atoms with E-state index in [9.17, 15) is 13.2 Å². The molecule has 0 fully saturated rings. The summed E-state index contributed by atoms with van der Waals surface area (Å²) in [4.78, 5) is 0. The zero-order valence-electron chi connectivity index (χ0n) is 10.7. The van der Waals surface area contributed by atoms with Gasteiger partial charge in [-0.05, 0) is 12.5 Å². The van der Waals surface area contributed by atoms with Crippen molar-refractivity contribution in [1.82, 2.24) is 0 Å². The number of alkyl halides is 3. The van der Waals surface area contributed by atoms with Crippen LogP contribution in [-0.2, 0) is 0 Å². The summed E-state index contributed by atoms with van der Waals surface area (Å²) in [7, 11) is 2.94. The molecule has 1 atom stereocenters. The number of rotatable bonds is 5. The van der Waals surface area contributed by atoms with E-state index in [1.165, 1.54) is 14.2 Å². The molecule has 2 N–H and O–H groups in total. The van der Waals surface area contributed by atoms with Crippen molar-refractivity contribution in [2.45, 2.75) is 25.1 Å². The van der Waals surface area contributed by atoms with Crippen molar-refractivity contribution < 1.29 is 22.6 Å². The van der Waals surface area contributed by atoms with Crippen molar-refractivity contribution in [2.75, 3.05) is 14.2 Å². The van der Waals surface area contributed by atoms with Crippen molar-refractivity contribution in [2.24, 2.45) is 5.73 Å². The summed E-state index contributed by atoms with van der Waals surface area (Å²) >= 11 is 0. The van der Waals surface area contributed by atoms with Crippen molar-refractivity contribution >= 4 is 12.4 Å². The zero-order chi connectivity index (χ0) is 13.8. The van der Waals surface area contributed by atoms with Gasteiger partial charge in [0.1, 0.15) is 11.5 Å². The molecule has 1 aromatic rings. The molecule has 19 heavy (non-hydrogen) atoms. The minimum absolute atomic E-state index is 0. The predicted octanol–water partition coefficient (Wildman–Crippen LogP) is 3.47. The van der Waals surface area contributed by atoms with Crippen molar-refractivity contribution in [1.29, 1.82) is 0 Å². The first-order chi connectivity index (χ1) is 8.37. The van der Waals surface area contributed by atoms with Gasteiger partial charge in [-0.2, -0.15) is 13.2 Å². The second-order valence-corrected chi connectivity index (χ2v) is 3.87. The number of hydrogen-bond acceptors (Lipinski definition) is 3. The molecule has 0 spiro atoms. The van der Waals surface area contributed by atoms with Crippen LogP contribution >= 0.6 is 12.4 Å². The Labute approximate surface area is 116 Å². The van der Waals surface area contributed by atoms with Gasteiger partial charge < -0.3 is 15.2 Å². The van der Waals surface area contributed by atoms with E-state index in [4.69, 9.17) is 15.2 Å². The standard InChI is InChI=1S/C12H16F3NO2.ClH/c1-17-8-3-4-9(11(7-8)18-2)10(16)5-6-12(13,14)15;/h3-4,7,10H,5-6,16H2,1-2H3;1H/t10-;/m1./s1. The van der Waals surface area contributed by atoms with Gasteiger partial charge in [0.2, 0.25) is 0 Å². The van der Waals surface area contributed by atoms with E-state index in [1.54, 1.807) is 18.2 Å². The quantitative estimate of drug-likeness (QED) is 0.905. The Kier molecular flexibility index (Phi) is 7.00. The summed E-state index contributed by atoms with van der Waals surface area (Å²) < 4.78 is 46.5. The van der Waals surface area contributed by atoms with Crippen LogP contribution in [0, 0.1) is 0 Å². The van der Waals surface area contributed by atoms with Crippen LogP contribution in [-0.4, -0.2) is 20.4 Å². The highest BCUT2D eigenvalue weighted by Crippen LogP contribution is 2.32. The second kappa shape index (κ2) is 7.45. The molecule has 3 nitrogen and oxygen atoms in total. The van der Waals surface area contributed by atoms with Gasteiger partial charge in [0.25, 0.3) is 0 Å². The molecule has 0 heterocycles. The maximum Gasteiger partial charge on any atom is 0.389 e. The average Bonchev–Trinajstić information content (AvgIpc) is 2.34. The van der Waals surface area contributed by atoms with Crippen LogP contribution in [0.5, 0.6) is 11.5 Å². The second-order valence-electron chi connectivity index (χ2n) is 3.87. The Morgan fingerprint density at radius 3 is 2.32 bits per heavy atom. The molecule has 0 bridgehead atoms. The molecule has 0 amide bonds. The predicted molar refractivity (Wildman–Crippen MR) is 69.0 cm³/mol. The molecule has 0 aliphatic rings. The summed E-state index contributed by atoms with van der Waals surface area (Å²) in [5, 5.41) is 0. The summed E-state index contributed by atoms with van der Waals surface area (Å²) in [6.07, 6.45) is -5.28. The number of hydrogen-bond donors (Lipinski definition) is 1. The Bertz CT molecular complexity index is 399. The van der Waals surface area contributed by atoms with Crippen LogP contribution in [0.4, 0.5) is 13.2 Å². The zero-order valence-corrected chi connectivity index (χ0v) is 11.5. The van der Waals surface area contributed by atoms with E-state index < -0.39 is 18.6 Å².